The molecule has 0 saturated heterocycles. The summed E-state index contributed by atoms with van der Waals surface area (Å²) < 4.78 is 30.4. The Bertz CT molecular complexity index is 544. The van der Waals surface area contributed by atoms with Crippen LogP contribution in [0.4, 0.5) is 11.4 Å². The van der Waals surface area contributed by atoms with Gasteiger partial charge in [-0.25, -0.2) is 12.7 Å². The molecule has 0 atom stereocenters. The number of anilines is 2. The summed E-state index contributed by atoms with van der Waals surface area (Å²) in [6.45, 7) is 1.39. The van der Waals surface area contributed by atoms with Crippen LogP contribution in [0.15, 0.2) is 23.1 Å². The number of ether oxygens (including phenoxy) is 1. The molecule has 20 heavy (non-hydrogen) atoms. The lowest BCUT2D eigenvalue weighted by atomic mass is 10.2. The minimum absolute atomic E-state index is 0.241. The van der Waals surface area contributed by atoms with Crippen molar-refractivity contribution < 1.29 is 13.2 Å². The maximum atomic E-state index is 12.1. The zero-order valence-electron chi connectivity index (χ0n) is 12.5. The first-order valence-electron chi connectivity index (χ1n) is 6.33. The summed E-state index contributed by atoms with van der Waals surface area (Å²) in [5.41, 5.74) is 7.20. The van der Waals surface area contributed by atoms with E-state index in [-0.39, 0.29) is 4.90 Å². The molecule has 0 aliphatic heterocycles. The molecule has 0 radical (unpaired) electrons. The van der Waals surface area contributed by atoms with E-state index in [9.17, 15) is 8.42 Å². The van der Waals surface area contributed by atoms with E-state index >= 15 is 0 Å². The van der Waals surface area contributed by atoms with Gasteiger partial charge in [0.25, 0.3) is 0 Å². The number of nitrogens with zero attached hydrogens (tertiary/aromatic N) is 2. The molecule has 0 unspecified atom stereocenters. The molecule has 0 aromatic heterocycles. The fourth-order valence-electron chi connectivity index (χ4n) is 1.79. The number of methoxy groups -OCH3 is 1. The first-order valence-corrected chi connectivity index (χ1v) is 7.77. The van der Waals surface area contributed by atoms with Crippen LogP contribution in [0.25, 0.3) is 0 Å². The molecule has 1 rings (SSSR count). The quantitative estimate of drug-likeness (QED) is 0.600. The number of nitrogen functional groups attached to an aromatic ring is 1. The second-order valence-corrected chi connectivity index (χ2v) is 6.93. The normalized spacial score (nSPS) is 11.8. The number of hydrogen-bond acceptors (Lipinski definition) is 5. The summed E-state index contributed by atoms with van der Waals surface area (Å²) in [4.78, 5) is 2.17. The Morgan fingerprint density at radius 3 is 2.45 bits per heavy atom. The Morgan fingerprint density at radius 1 is 1.25 bits per heavy atom. The second kappa shape index (κ2) is 6.92. The van der Waals surface area contributed by atoms with Crippen LogP contribution < -0.4 is 10.6 Å². The van der Waals surface area contributed by atoms with E-state index in [1.54, 1.807) is 19.2 Å². The summed E-state index contributed by atoms with van der Waals surface area (Å²) in [6.07, 6.45) is 0.844. The van der Waals surface area contributed by atoms with Gasteiger partial charge >= 0.3 is 0 Å². The molecule has 6 nitrogen and oxygen atoms in total. The van der Waals surface area contributed by atoms with Crippen molar-refractivity contribution >= 4 is 21.4 Å². The molecule has 0 spiro atoms. The average Bonchev–Trinajstić information content (AvgIpc) is 2.38. The number of benzene rings is 1. The third-order valence-electron chi connectivity index (χ3n) is 3.03. The topological polar surface area (TPSA) is 75.9 Å². The molecule has 0 aliphatic rings. The molecule has 7 heteroatoms. The van der Waals surface area contributed by atoms with Crippen molar-refractivity contribution in [2.24, 2.45) is 0 Å². The van der Waals surface area contributed by atoms with Crippen LogP contribution in [-0.4, -0.2) is 54.1 Å². The second-order valence-electron chi connectivity index (χ2n) is 4.78. The zero-order chi connectivity index (χ0) is 15.3. The van der Waals surface area contributed by atoms with Crippen molar-refractivity contribution in [1.82, 2.24) is 4.31 Å². The molecule has 0 amide bonds. The van der Waals surface area contributed by atoms with Gasteiger partial charge in [-0.1, -0.05) is 0 Å². The first kappa shape index (κ1) is 16.7. The zero-order valence-corrected chi connectivity index (χ0v) is 13.3. The van der Waals surface area contributed by atoms with Gasteiger partial charge in [-0.3, -0.25) is 0 Å². The minimum Gasteiger partial charge on any atom is -0.397 e. The molecular formula is C13H23N3O3S. The predicted molar refractivity (Wildman–Crippen MR) is 81.5 cm³/mol. The van der Waals surface area contributed by atoms with Gasteiger partial charge in [0.2, 0.25) is 10.0 Å². The van der Waals surface area contributed by atoms with Crippen molar-refractivity contribution in [2.75, 3.05) is 52.0 Å². The first-order chi connectivity index (χ1) is 9.30. The molecule has 0 fully saturated rings. The fraction of sp³-hybridized carbons (Fsp3) is 0.538. The summed E-state index contributed by atoms with van der Waals surface area (Å²) in [6, 6.07) is 4.76. The van der Waals surface area contributed by atoms with E-state index in [4.69, 9.17) is 10.5 Å². The van der Waals surface area contributed by atoms with Crippen LogP contribution in [0.2, 0.25) is 0 Å². The van der Waals surface area contributed by atoms with Gasteiger partial charge in [0.1, 0.15) is 0 Å². The van der Waals surface area contributed by atoms with Gasteiger partial charge in [0.15, 0.2) is 0 Å². The van der Waals surface area contributed by atoms with Crippen LogP contribution in [-0.2, 0) is 14.8 Å². The number of sulfonamides is 1. The minimum atomic E-state index is -3.45. The molecule has 1 aromatic carbocycles. The van der Waals surface area contributed by atoms with Crippen LogP contribution >= 0.6 is 0 Å². The van der Waals surface area contributed by atoms with Gasteiger partial charge in [0.05, 0.1) is 16.3 Å². The number of nitrogens with two attached hydrogens (primary N) is 1. The Hall–Kier alpha value is -1.31. The summed E-state index contributed by atoms with van der Waals surface area (Å²) in [5, 5.41) is 0. The van der Waals surface area contributed by atoms with E-state index in [2.05, 4.69) is 0 Å². The number of hydrogen-bond donors (Lipinski definition) is 1. The van der Waals surface area contributed by atoms with Gasteiger partial charge in [-0.05, 0) is 24.6 Å². The van der Waals surface area contributed by atoms with Crippen molar-refractivity contribution in [2.45, 2.75) is 11.3 Å². The highest BCUT2D eigenvalue weighted by Crippen LogP contribution is 2.27. The maximum Gasteiger partial charge on any atom is 0.242 e. The van der Waals surface area contributed by atoms with E-state index in [0.29, 0.717) is 18.0 Å². The van der Waals surface area contributed by atoms with E-state index in [0.717, 1.165) is 13.0 Å². The molecule has 0 saturated carbocycles. The van der Waals surface area contributed by atoms with Gasteiger partial charge in [-0.2, -0.15) is 0 Å². The van der Waals surface area contributed by atoms with Crippen LogP contribution in [0.5, 0.6) is 0 Å². The Kier molecular flexibility index (Phi) is 5.79. The van der Waals surface area contributed by atoms with Gasteiger partial charge < -0.3 is 15.4 Å². The standard InChI is InChI=1S/C13H23N3O3S/c1-15(2)20(17,18)11-6-7-12(14)13(10-11)16(3)8-5-9-19-4/h6-7,10H,5,8-9,14H2,1-4H3. The lowest BCUT2D eigenvalue weighted by Crippen LogP contribution is -2.24. The monoisotopic (exact) mass is 301 g/mol. The van der Waals surface area contributed by atoms with Crippen LogP contribution in [0.3, 0.4) is 0 Å². The third kappa shape index (κ3) is 3.84. The molecule has 2 N–H and O–H groups in total. The van der Waals surface area contributed by atoms with Crippen molar-refractivity contribution in [3.05, 3.63) is 18.2 Å². The molecule has 0 aliphatic carbocycles. The van der Waals surface area contributed by atoms with Crippen LogP contribution in [0, 0.1) is 0 Å². The third-order valence-corrected chi connectivity index (χ3v) is 4.84. The molecular weight excluding hydrogens is 278 g/mol. The predicted octanol–water partition coefficient (Wildman–Crippen LogP) is 0.992. The summed E-state index contributed by atoms with van der Waals surface area (Å²) in [5.74, 6) is 0. The van der Waals surface area contributed by atoms with Gasteiger partial charge in [-0.15, -0.1) is 0 Å². The highest BCUT2D eigenvalue weighted by Gasteiger charge is 2.19. The largest absolute Gasteiger partial charge is 0.397 e. The Balaban J connectivity index is 3.03. The lowest BCUT2D eigenvalue weighted by Gasteiger charge is -2.22. The highest BCUT2D eigenvalue weighted by atomic mass is 32.2. The van der Waals surface area contributed by atoms with Crippen molar-refractivity contribution in [1.29, 1.82) is 0 Å². The highest BCUT2D eigenvalue weighted by molar-refractivity contribution is 7.89. The Labute approximate surface area is 121 Å². The van der Waals surface area contributed by atoms with E-state index in [1.807, 2.05) is 11.9 Å². The molecule has 1 aromatic rings. The van der Waals surface area contributed by atoms with Gasteiger partial charge in [0, 0.05) is 41.4 Å². The van der Waals surface area contributed by atoms with E-state index < -0.39 is 10.0 Å². The van der Waals surface area contributed by atoms with Crippen molar-refractivity contribution in [3.63, 3.8) is 0 Å². The smallest absolute Gasteiger partial charge is 0.242 e. The number of rotatable bonds is 7. The lowest BCUT2D eigenvalue weighted by molar-refractivity contribution is 0.196. The molecule has 0 heterocycles. The van der Waals surface area contributed by atoms with Crippen LogP contribution in [0.1, 0.15) is 6.42 Å². The maximum absolute atomic E-state index is 12.1. The molecule has 0 bridgehead atoms. The van der Waals surface area contributed by atoms with E-state index in [1.165, 1.54) is 24.5 Å². The van der Waals surface area contributed by atoms with Crippen molar-refractivity contribution in [3.8, 4) is 0 Å². The average molecular weight is 301 g/mol. The summed E-state index contributed by atoms with van der Waals surface area (Å²) in [7, 11) is 3.10. The fourth-order valence-corrected chi connectivity index (χ4v) is 2.71. The Morgan fingerprint density at radius 2 is 1.90 bits per heavy atom. The summed E-state index contributed by atoms with van der Waals surface area (Å²) >= 11 is 0. The SMILES string of the molecule is COCCCN(C)c1cc(S(=O)(=O)N(C)C)ccc1N. The molecule has 114 valence electrons.